The molecule has 25 heavy (non-hydrogen) atoms. The van der Waals surface area contributed by atoms with Crippen molar-refractivity contribution in [2.24, 2.45) is 0 Å². The molecule has 0 atom stereocenters. The van der Waals surface area contributed by atoms with Crippen LogP contribution in [0.15, 0.2) is 36.4 Å². The van der Waals surface area contributed by atoms with Crippen molar-refractivity contribution in [3.8, 4) is 0 Å². The molecule has 0 radical (unpaired) electrons. The normalized spacial score (nSPS) is 10.2. The highest BCUT2D eigenvalue weighted by atomic mass is 16.2. The summed E-state index contributed by atoms with van der Waals surface area (Å²) in [5.74, 6) is -0.249. The van der Waals surface area contributed by atoms with Gasteiger partial charge >= 0.3 is 6.03 Å². The van der Waals surface area contributed by atoms with Crippen molar-refractivity contribution >= 4 is 17.6 Å². The van der Waals surface area contributed by atoms with Crippen molar-refractivity contribution in [2.45, 2.75) is 34.2 Å². The van der Waals surface area contributed by atoms with Crippen LogP contribution < -0.4 is 16.0 Å². The van der Waals surface area contributed by atoms with Crippen molar-refractivity contribution in [3.05, 3.63) is 64.2 Å². The minimum atomic E-state index is -0.365. The zero-order valence-electron chi connectivity index (χ0n) is 15.2. The summed E-state index contributed by atoms with van der Waals surface area (Å²) in [7, 11) is 0. The van der Waals surface area contributed by atoms with Crippen LogP contribution in [0, 0.1) is 27.7 Å². The van der Waals surface area contributed by atoms with Crippen LogP contribution in [0.2, 0.25) is 0 Å². The SMILES string of the molecule is Cc1cc(C)c(NC(=O)CNC(=O)NCc2ccccc2C)c(C)c1. The van der Waals surface area contributed by atoms with Crippen LogP contribution in [0.5, 0.6) is 0 Å². The van der Waals surface area contributed by atoms with E-state index in [9.17, 15) is 9.59 Å². The third-order valence-corrected chi connectivity index (χ3v) is 4.05. The molecule has 0 saturated heterocycles. The molecule has 3 N–H and O–H groups in total. The fourth-order valence-electron chi connectivity index (χ4n) is 2.77. The third kappa shape index (κ3) is 5.35. The van der Waals surface area contributed by atoms with Crippen molar-refractivity contribution in [1.29, 1.82) is 0 Å². The smallest absolute Gasteiger partial charge is 0.315 e. The third-order valence-electron chi connectivity index (χ3n) is 4.05. The van der Waals surface area contributed by atoms with Gasteiger partial charge in [-0.25, -0.2) is 4.79 Å². The lowest BCUT2D eigenvalue weighted by Gasteiger charge is -2.13. The van der Waals surface area contributed by atoms with Crippen molar-refractivity contribution in [1.82, 2.24) is 10.6 Å². The lowest BCUT2D eigenvalue weighted by Crippen LogP contribution is -2.39. The van der Waals surface area contributed by atoms with Gasteiger partial charge in [-0.1, -0.05) is 42.0 Å². The Hall–Kier alpha value is -2.82. The summed E-state index contributed by atoms with van der Waals surface area (Å²) in [6, 6.07) is 11.5. The van der Waals surface area contributed by atoms with Gasteiger partial charge in [-0.15, -0.1) is 0 Å². The van der Waals surface area contributed by atoms with Crippen LogP contribution in [-0.4, -0.2) is 18.5 Å². The average Bonchev–Trinajstić information content (AvgIpc) is 2.55. The molecule has 5 heteroatoms. The van der Waals surface area contributed by atoms with Crippen molar-refractivity contribution < 1.29 is 9.59 Å². The van der Waals surface area contributed by atoms with Crippen LogP contribution in [0.3, 0.4) is 0 Å². The van der Waals surface area contributed by atoms with Gasteiger partial charge in [-0.3, -0.25) is 4.79 Å². The fourth-order valence-corrected chi connectivity index (χ4v) is 2.77. The second kappa shape index (κ2) is 8.33. The number of hydrogen-bond acceptors (Lipinski definition) is 2. The first-order valence-corrected chi connectivity index (χ1v) is 8.30. The molecule has 132 valence electrons. The van der Waals surface area contributed by atoms with E-state index in [0.717, 1.165) is 33.5 Å². The van der Waals surface area contributed by atoms with E-state index >= 15 is 0 Å². The number of amides is 3. The lowest BCUT2D eigenvalue weighted by molar-refractivity contribution is -0.115. The topological polar surface area (TPSA) is 70.2 Å². The molecular formula is C20H25N3O2. The molecule has 0 aliphatic carbocycles. The molecule has 0 heterocycles. The van der Waals surface area contributed by atoms with Gasteiger partial charge in [0.25, 0.3) is 0 Å². The number of urea groups is 1. The van der Waals surface area contributed by atoms with Crippen LogP contribution in [0.25, 0.3) is 0 Å². The Morgan fingerprint density at radius 1 is 0.880 bits per heavy atom. The quantitative estimate of drug-likeness (QED) is 0.782. The average molecular weight is 339 g/mol. The molecule has 0 aliphatic rings. The van der Waals surface area contributed by atoms with E-state index in [4.69, 9.17) is 0 Å². The second-order valence-electron chi connectivity index (χ2n) is 6.28. The van der Waals surface area contributed by atoms with Gasteiger partial charge in [-0.2, -0.15) is 0 Å². The monoisotopic (exact) mass is 339 g/mol. The molecule has 2 aromatic rings. The van der Waals surface area contributed by atoms with Crippen LogP contribution in [0.4, 0.5) is 10.5 Å². The number of carbonyl (C=O) groups is 2. The summed E-state index contributed by atoms with van der Waals surface area (Å²) in [4.78, 5) is 23.9. The van der Waals surface area contributed by atoms with E-state index in [1.165, 1.54) is 0 Å². The van der Waals surface area contributed by atoms with Crippen molar-refractivity contribution in [2.75, 3.05) is 11.9 Å². The van der Waals surface area contributed by atoms with Crippen LogP contribution >= 0.6 is 0 Å². The highest BCUT2D eigenvalue weighted by Gasteiger charge is 2.10. The first-order valence-electron chi connectivity index (χ1n) is 8.30. The van der Waals surface area contributed by atoms with Gasteiger partial charge in [0, 0.05) is 12.2 Å². The Bertz CT molecular complexity index is 761. The van der Waals surface area contributed by atoms with E-state index in [1.54, 1.807) is 0 Å². The number of nitrogens with one attached hydrogen (secondary N) is 3. The molecule has 0 unspecified atom stereocenters. The van der Waals surface area contributed by atoms with Gasteiger partial charge in [0.05, 0.1) is 6.54 Å². The number of anilines is 1. The number of rotatable bonds is 5. The van der Waals surface area contributed by atoms with E-state index in [0.29, 0.717) is 6.54 Å². The number of hydrogen-bond donors (Lipinski definition) is 3. The largest absolute Gasteiger partial charge is 0.334 e. The minimum absolute atomic E-state index is 0.0770. The molecule has 0 fully saturated rings. The summed E-state index contributed by atoms with van der Waals surface area (Å²) in [6.07, 6.45) is 0. The first-order chi connectivity index (χ1) is 11.9. The van der Waals surface area contributed by atoms with Gasteiger partial charge in [0.2, 0.25) is 5.91 Å². The predicted octanol–water partition coefficient (Wildman–Crippen LogP) is 3.36. The van der Waals surface area contributed by atoms with E-state index < -0.39 is 0 Å². The fraction of sp³-hybridized carbons (Fsp3) is 0.300. The zero-order valence-corrected chi connectivity index (χ0v) is 15.2. The molecule has 0 spiro atoms. The number of carbonyl (C=O) groups excluding carboxylic acids is 2. The molecule has 2 rings (SSSR count). The summed E-state index contributed by atoms with van der Waals surface area (Å²) in [5.41, 5.74) is 6.14. The molecule has 5 nitrogen and oxygen atoms in total. The maximum Gasteiger partial charge on any atom is 0.315 e. The Labute approximate surface area is 148 Å². The van der Waals surface area contributed by atoms with Gasteiger partial charge < -0.3 is 16.0 Å². The highest BCUT2D eigenvalue weighted by molar-refractivity contribution is 5.95. The molecular weight excluding hydrogens is 314 g/mol. The maximum absolute atomic E-state index is 12.1. The van der Waals surface area contributed by atoms with Gasteiger partial charge in [0.15, 0.2) is 0 Å². The van der Waals surface area contributed by atoms with E-state index in [-0.39, 0.29) is 18.5 Å². The Morgan fingerprint density at radius 3 is 2.16 bits per heavy atom. The summed E-state index contributed by atoms with van der Waals surface area (Å²) in [5, 5.41) is 8.20. The van der Waals surface area contributed by atoms with Gasteiger partial charge in [-0.05, 0) is 49.9 Å². The Kier molecular flexibility index (Phi) is 6.17. The van der Waals surface area contributed by atoms with Crippen molar-refractivity contribution in [3.63, 3.8) is 0 Å². The number of benzene rings is 2. The highest BCUT2D eigenvalue weighted by Crippen LogP contribution is 2.21. The molecule has 2 aromatic carbocycles. The van der Waals surface area contributed by atoms with Crippen LogP contribution in [-0.2, 0) is 11.3 Å². The van der Waals surface area contributed by atoms with E-state index in [2.05, 4.69) is 16.0 Å². The first kappa shape index (κ1) is 18.5. The Balaban J connectivity index is 1.82. The summed E-state index contributed by atoms with van der Waals surface area (Å²) in [6.45, 7) is 8.28. The lowest BCUT2D eigenvalue weighted by atomic mass is 10.1. The standard InChI is InChI=1S/C20H25N3O2/c1-13-9-15(3)19(16(4)10-13)23-18(24)12-22-20(25)21-11-17-8-6-5-7-14(17)2/h5-10H,11-12H2,1-4H3,(H,23,24)(H2,21,22,25). The summed E-state index contributed by atoms with van der Waals surface area (Å²) >= 11 is 0. The number of aryl methyl sites for hydroxylation is 4. The summed E-state index contributed by atoms with van der Waals surface area (Å²) < 4.78 is 0. The molecule has 0 aliphatic heterocycles. The van der Waals surface area contributed by atoms with Crippen LogP contribution in [0.1, 0.15) is 27.8 Å². The Morgan fingerprint density at radius 2 is 1.52 bits per heavy atom. The van der Waals surface area contributed by atoms with E-state index in [1.807, 2.05) is 64.1 Å². The van der Waals surface area contributed by atoms with Gasteiger partial charge in [0.1, 0.15) is 0 Å². The molecule has 0 bridgehead atoms. The zero-order chi connectivity index (χ0) is 18.4. The predicted molar refractivity (Wildman–Crippen MR) is 101 cm³/mol. The molecule has 0 saturated carbocycles. The molecule has 3 amide bonds. The second-order valence-corrected chi connectivity index (χ2v) is 6.28. The molecule has 0 aromatic heterocycles. The minimum Gasteiger partial charge on any atom is -0.334 e. The maximum atomic E-state index is 12.1.